The minimum atomic E-state index is -0.437. The third-order valence-electron chi connectivity index (χ3n) is 2.44. The highest BCUT2D eigenvalue weighted by Crippen LogP contribution is 2.21. The lowest BCUT2D eigenvalue weighted by Crippen LogP contribution is -2.44. The van der Waals surface area contributed by atoms with Crippen molar-refractivity contribution in [3.8, 4) is 0 Å². The van der Waals surface area contributed by atoms with E-state index in [2.05, 4.69) is 5.32 Å². The summed E-state index contributed by atoms with van der Waals surface area (Å²) >= 11 is 1.90. The van der Waals surface area contributed by atoms with Crippen LogP contribution in [0.4, 0.5) is 4.79 Å². The van der Waals surface area contributed by atoms with Crippen LogP contribution in [0.15, 0.2) is 0 Å². The minimum Gasteiger partial charge on any atom is -0.444 e. The number of hydrogen-bond donors (Lipinski definition) is 2. The Morgan fingerprint density at radius 3 is 2.81 bits per heavy atom. The lowest BCUT2D eigenvalue weighted by atomic mass is 10.00. The maximum absolute atomic E-state index is 11.4. The van der Waals surface area contributed by atoms with Crippen LogP contribution in [0.3, 0.4) is 0 Å². The third-order valence-corrected chi connectivity index (χ3v) is 3.63. The number of carbonyl (C=O) groups excluding carboxylic acids is 1. The van der Waals surface area contributed by atoms with Gasteiger partial charge in [0.05, 0.1) is 0 Å². The lowest BCUT2D eigenvalue weighted by Gasteiger charge is -2.28. The van der Waals surface area contributed by atoms with Crippen molar-refractivity contribution in [1.82, 2.24) is 5.32 Å². The predicted octanol–water partition coefficient (Wildman–Crippen LogP) is 1.59. The first-order valence-corrected chi connectivity index (χ1v) is 6.84. The Kier molecular flexibility index (Phi) is 4.92. The fourth-order valence-electron chi connectivity index (χ4n) is 1.55. The molecule has 4 nitrogen and oxygen atoms in total. The number of nitrogens with two attached hydrogens (primary N) is 1. The maximum Gasteiger partial charge on any atom is 0.407 e. The Balaban J connectivity index is 2.25. The zero-order valence-corrected chi connectivity index (χ0v) is 11.1. The van der Waals surface area contributed by atoms with Crippen molar-refractivity contribution in [1.29, 1.82) is 0 Å². The lowest BCUT2D eigenvalue weighted by molar-refractivity contribution is 0.0518. The topological polar surface area (TPSA) is 64.3 Å². The Labute approximate surface area is 102 Å². The van der Waals surface area contributed by atoms with Gasteiger partial charge in [0.15, 0.2) is 0 Å². The monoisotopic (exact) mass is 246 g/mol. The van der Waals surface area contributed by atoms with Crippen molar-refractivity contribution in [2.45, 2.75) is 38.8 Å². The van der Waals surface area contributed by atoms with Crippen LogP contribution in [-0.4, -0.2) is 35.8 Å². The van der Waals surface area contributed by atoms with Crippen molar-refractivity contribution in [3.05, 3.63) is 0 Å². The molecule has 1 heterocycles. The Hall–Kier alpha value is -0.420. The second kappa shape index (κ2) is 5.77. The number of ether oxygens (including phenoxy) is 1. The van der Waals surface area contributed by atoms with Gasteiger partial charge < -0.3 is 15.8 Å². The summed E-state index contributed by atoms with van der Waals surface area (Å²) in [6.07, 6.45) is 0.681. The van der Waals surface area contributed by atoms with Crippen LogP contribution in [0.2, 0.25) is 0 Å². The number of hydrogen-bond acceptors (Lipinski definition) is 4. The van der Waals surface area contributed by atoms with E-state index in [0.717, 1.165) is 17.9 Å². The molecule has 0 aromatic heterocycles. The number of nitrogens with one attached hydrogen (secondary N) is 1. The molecule has 0 bridgehead atoms. The molecular weight excluding hydrogens is 224 g/mol. The Morgan fingerprint density at radius 1 is 1.56 bits per heavy atom. The molecule has 0 aromatic carbocycles. The van der Waals surface area contributed by atoms with E-state index in [4.69, 9.17) is 10.5 Å². The molecule has 0 aliphatic carbocycles. The predicted molar refractivity (Wildman–Crippen MR) is 67.6 cm³/mol. The van der Waals surface area contributed by atoms with Gasteiger partial charge in [0.2, 0.25) is 0 Å². The molecule has 1 saturated heterocycles. The third kappa shape index (κ3) is 5.07. The molecule has 0 spiro atoms. The van der Waals surface area contributed by atoms with E-state index in [0.29, 0.717) is 12.5 Å². The Morgan fingerprint density at radius 2 is 2.25 bits per heavy atom. The van der Waals surface area contributed by atoms with E-state index in [1.54, 1.807) is 0 Å². The van der Waals surface area contributed by atoms with Gasteiger partial charge in [0.1, 0.15) is 5.60 Å². The van der Waals surface area contributed by atoms with Gasteiger partial charge in [0, 0.05) is 18.5 Å². The number of alkyl carbamates (subject to hydrolysis) is 1. The number of rotatable bonds is 2. The molecule has 3 N–H and O–H groups in total. The van der Waals surface area contributed by atoms with E-state index >= 15 is 0 Å². The van der Waals surface area contributed by atoms with Gasteiger partial charge in [-0.2, -0.15) is 11.8 Å². The SMILES string of the molecule is CC(C)(C)OC(=O)NC[C@@H]1CSCC[C@H]1N. The number of thioether (sulfide) groups is 1. The fraction of sp³-hybridized carbons (Fsp3) is 0.909. The molecule has 2 atom stereocenters. The molecule has 0 radical (unpaired) electrons. The van der Waals surface area contributed by atoms with Crippen molar-refractivity contribution in [2.75, 3.05) is 18.1 Å². The van der Waals surface area contributed by atoms with Gasteiger partial charge in [-0.3, -0.25) is 0 Å². The molecule has 0 saturated carbocycles. The molecular formula is C11H22N2O2S. The van der Waals surface area contributed by atoms with Gasteiger partial charge in [-0.25, -0.2) is 4.79 Å². The van der Waals surface area contributed by atoms with E-state index < -0.39 is 5.60 Å². The van der Waals surface area contributed by atoms with Gasteiger partial charge in [-0.1, -0.05) is 0 Å². The van der Waals surface area contributed by atoms with Gasteiger partial charge in [-0.15, -0.1) is 0 Å². The van der Waals surface area contributed by atoms with E-state index in [-0.39, 0.29) is 12.1 Å². The first kappa shape index (κ1) is 13.6. The van der Waals surface area contributed by atoms with Crippen LogP contribution in [-0.2, 0) is 4.74 Å². The maximum atomic E-state index is 11.4. The fourth-order valence-corrected chi connectivity index (χ4v) is 2.83. The van der Waals surface area contributed by atoms with E-state index in [1.807, 2.05) is 32.5 Å². The van der Waals surface area contributed by atoms with Crippen LogP contribution in [0.1, 0.15) is 27.2 Å². The highest BCUT2D eigenvalue weighted by molar-refractivity contribution is 7.99. The van der Waals surface area contributed by atoms with Crippen LogP contribution in [0.25, 0.3) is 0 Å². The average molecular weight is 246 g/mol. The summed E-state index contributed by atoms with van der Waals surface area (Å²) in [5, 5.41) is 2.78. The average Bonchev–Trinajstić information content (AvgIpc) is 2.14. The number of amides is 1. The molecule has 1 amide bonds. The van der Waals surface area contributed by atoms with Crippen LogP contribution in [0.5, 0.6) is 0 Å². The van der Waals surface area contributed by atoms with Gasteiger partial charge in [-0.05, 0) is 38.7 Å². The van der Waals surface area contributed by atoms with E-state index in [9.17, 15) is 4.79 Å². The van der Waals surface area contributed by atoms with Gasteiger partial charge >= 0.3 is 6.09 Å². The molecule has 1 aliphatic rings. The smallest absolute Gasteiger partial charge is 0.407 e. The molecule has 94 valence electrons. The van der Waals surface area contributed by atoms with Gasteiger partial charge in [0.25, 0.3) is 0 Å². The molecule has 1 rings (SSSR count). The second-order valence-corrected chi connectivity index (χ2v) is 6.32. The van der Waals surface area contributed by atoms with Crippen LogP contribution < -0.4 is 11.1 Å². The molecule has 16 heavy (non-hydrogen) atoms. The quantitative estimate of drug-likeness (QED) is 0.776. The molecule has 0 unspecified atom stereocenters. The standard InChI is InChI=1S/C11H22N2O2S/c1-11(2,3)15-10(14)13-6-8-7-16-5-4-9(8)12/h8-9H,4-7,12H2,1-3H3,(H,13,14)/t8-,9-/m1/s1. The highest BCUT2D eigenvalue weighted by Gasteiger charge is 2.23. The molecule has 1 fully saturated rings. The zero-order chi connectivity index (χ0) is 12.2. The summed E-state index contributed by atoms with van der Waals surface area (Å²) in [5.41, 5.74) is 5.55. The van der Waals surface area contributed by atoms with Crippen molar-refractivity contribution in [2.24, 2.45) is 11.7 Å². The first-order valence-electron chi connectivity index (χ1n) is 5.68. The first-order chi connectivity index (χ1) is 7.38. The zero-order valence-electron chi connectivity index (χ0n) is 10.3. The Bertz CT molecular complexity index is 241. The van der Waals surface area contributed by atoms with Crippen molar-refractivity contribution in [3.63, 3.8) is 0 Å². The highest BCUT2D eigenvalue weighted by atomic mass is 32.2. The second-order valence-electron chi connectivity index (χ2n) is 5.17. The summed E-state index contributed by atoms with van der Waals surface area (Å²) in [5.74, 6) is 2.52. The summed E-state index contributed by atoms with van der Waals surface area (Å²) in [7, 11) is 0. The molecule has 1 aliphatic heterocycles. The van der Waals surface area contributed by atoms with E-state index in [1.165, 1.54) is 0 Å². The largest absolute Gasteiger partial charge is 0.444 e. The summed E-state index contributed by atoms with van der Waals surface area (Å²) < 4.78 is 5.17. The van der Waals surface area contributed by atoms with Crippen LogP contribution in [0, 0.1) is 5.92 Å². The number of carbonyl (C=O) groups is 1. The summed E-state index contributed by atoms with van der Waals surface area (Å²) in [6.45, 7) is 6.18. The van der Waals surface area contributed by atoms with Crippen molar-refractivity contribution < 1.29 is 9.53 Å². The molecule has 5 heteroatoms. The summed E-state index contributed by atoms with van der Waals surface area (Å²) in [4.78, 5) is 11.4. The minimum absolute atomic E-state index is 0.205. The normalized spacial score (nSPS) is 26.2. The van der Waals surface area contributed by atoms with Crippen LogP contribution >= 0.6 is 11.8 Å². The molecule has 0 aromatic rings. The van der Waals surface area contributed by atoms with Crippen molar-refractivity contribution >= 4 is 17.9 Å². The summed E-state index contributed by atoms with van der Waals surface area (Å²) in [6, 6.07) is 0.205.